The van der Waals surface area contributed by atoms with Crippen LogP contribution in [0, 0.1) is 0 Å². The Labute approximate surface area is 124 Å². The molecule has 5 heteroatoms. The van der Waals surface area contributed by atoms with Gasteiger partial charge in [0.05, 0.1) is 12.0 Å². The first kappa shape index (κ1) is 12.8. The lowest BCUT2D eigenvalue weighted by molar-refractivity contribution is 0.581. The fourth-order valence-corrected chi connectivity index (χ4v) is 3.38. The minimum absolute atomic E-state index is 0.762. The van der Waals surface area contributed by atoms with Gasteiger partial charge in [0.2, 0.25) is 0 Å². The van der Waals surface area contributed by atoms with Gasteiger partial charge in [0, 0.05) is 21.1 Å². The zero-order valence-electron chi connectivity index (χ0n) is 9.88. The first-order valence-corrected chi connectivity index (χ1v) is 7.92. The molecule has 2 nitrogen and oxygen atoms in total. The highest BCUT2D eigenvalue weighted by molar-refractivity contribution is 7.98. The number of thioether (sulfide) groups is 1. The molecule has 0 saturated heterocycles. The first-order chi connectivity index (χ1) is 9.31. The zero-order valence-corrected chi connectivity index (χ0v) is 12.3. The molecule has 1 aromatic carbocycles. The summed E-state index contributed by atoms with van der Waals surface area (Å²) < 4.78 is 5.34. The summed E-state index contributed by atoms with van der Waals surface area (Å²) in [6.07, 6.45) is 1.67. The van der Waals surface area contributed by atoms with Gasteiger partial charge in [-0.15, -0.1) is 23.1 Å². The molecule has 0 unspecified atom stereocenters. The minimum atomic E-state index is 0.762. The molecule has 0 bridgehead atoms. The van der Waals surface area contributed by atoms with Crippen LogP contribution in [-0.2, 0) is 5.75 Å². The van der Waals surface area contributed by atoms with Crippen molar-refractivity contribution in [2.75, 3.05) is 0 Å². The molecule has 0 fully saturated rings. The lowest BCUT2D eigenvalue weighted by atomic mass is 10.4. The van der Waals surface area contributed by atoms with Crippen LogP contribution in [0.3, 0.4) is 0 Å². The number of rotatable bonds is 4. The Balaban J connectivity index is 1.66. The summed E-state index contributed by atoms with van der Waals surface area (Å²) >= 11 is 9.21. The third-order valence-electron chi connectivity index (χ3n) is 2.48. The van der Waals surface area contributed by atoms with E-state index in [0.29, 0.717) is 0 Å². The van der Waals surface area contributed by atoms with Gasteiger partial charge in [-0.05, 0) is 36.4 Å². The maximum Gasteiger partial charge on any atom is 0.162 e. The number of hydrogen-bond donors (Lipinski definition) is 0. The molecule has 0 aliphatic rings. The van der Waals surface area contributed by atoms with Crippen molar-refractivity contribution in [3.8, 4) is 10.8 Å². The third kappa shape index (κ3) is 3.21. The van der Waals surface area contributed by atoms with E-state index in [9.17, 15) is 0 Å². The van der Waals surface area contributed by atoms with Crippen LogP contribution < -0.4 is 0 Å². The van der Waals surface area contributed by atoms with Crippen molar-refractivity contribution in [1.82, 2.24) is 4.98 Å². The van der Waals surface area contributed by atoms with Crippen molar-refractivity contribution < 1.29 is 4.42 Å². The molecule has 19 heavy (non-hydrogen) atoms. The van der Waals surface area contributed by atoms with Crippen LogP contribution >= 0.6 is 34.7 Å². The number of thiazole rings is 1. The Morgan fingerprint density at radius 1 is 1.21 bits per heavy atom. The lowest BCUT2D eigenvalue weighted by Crippen LogP contribution is -1.81. The minimum Gasteiger partial charge on any atom is -0.462 e. The molecule has 2 aromatic heterocycles. The molecule has 0 aliphatic carbocycles. The molecule has 3 rings (SSSR count). The number of nitrogens with zero attached hydrogens (tertiary/aromatic N) is 1. The summed E-state index contributed by atoms with van der Waals surface area (Å²) in [6, 6.07) is 11.6. The molecule has 0 atom stereocenters. The van der Waals surface area contributed by atoms with Crippen LogP contribution in [0.25, 0.3) is 10.8 Å². The molecular weight excluding hydrogens is 298 g/mol. The Morgan fingerprint density at radius 2 is 2.05 bits per heavy atom. The van der Waals surface area contributed by atoms with E-state index in [0.717, 1.165) is 27.2 Å². The van der Waals surface area contributed by atoms with Crippen molar-refractivity contribution in [2.24, 2.45) is 0 Å². The Bertz CT molecular complexity index is 646. The van der Waals surface area contributed by atoms with Crippen molar-refractivity contribution in [3.05, 3.63) is 58.8 Å². The van der Waals surface area contributed by atoms with E-state index in [4.69, 9.17) is 16.0 Å². The largest absolute Gasteiger partial charge is 0.462 e. The summed E-state index contributed by atoms with van der Waals surface area (Å²) in [6.45, 7) is 0. The number of aromatic nitrogens is 1. The van der Waals surface area contributed by atoms with E-state index >= 15 is 0 Å². The first-order valence-electron chi connectivity index (χ1n) is 5.68. The normalized spacial score (nSPS) is 10.8. The lowest BCUT2D eigenvalue weighted by Gasteiger charge is -1.99. The molecular formula is C14H10ClNOS2. The third-order valence-corrected chi connectivity index (χ3v) is 4.69. The number of benzene rings is 1. The van der Waals surface area contributed by atoms with Crippen LogP contribution in [0.2, 0.25) is 5.02 Å². The van der Waals surface area contributed by atoms with Gasteiger partial charge < -0.3 is 4.42 Å². The van der Waals surface area contributed by atoms with E-state index in [1.807, 2.05) is 36.4 Å². The molecule has 0 amide bonds. The van der Waals surface area contributed by atoms with E-state index in [1.54, 1.807) is 29.4 Å². The van der Waals surface area contributed by atoms with Gasteiger partial charge >= 0.3 is 0 Å². The molecule has 0 aliphatic heterocycles. The average Bonchev–Trinajstić information content (AvgIpc) is 3.09. The number of hydrogen-bond acceptors (Lipinski definition) is 4. The van der Waals surface area contributed by atoms with E-state index < -0.39 is 0 Å². The van der Waals surface area contributed by atoms with Crippen LogP contribution in [0.1, 0.15) is 5.69 Å². The van der Waals surface area contributed by atoms with E-state index in [1.165, 1.54) is 4.90 Å². The van der Waals surface area contributed by atoms with Gasteiger partial charge in [0.25, 0.3) is 0 Å². The summed E-state index contributed by atoms with van der Waals surface area (Å²) in [5.74, 6) is 1.67. The monoisotopic (exact) mass is 307 g/mol. The van der Waals surface area contributed by atoms with Gasteiger partial charge in [0.15, 0.2) is 10.8 Å². The zero-order chi connectivity index (χ0) is 13.1. The van der Waals surface area contributed by atoms with E-state index in [-0.39, 0.29) is 0 Å². The van der Waals surface area contributed by atoms with Crippen LogP contribution in [0.15, 0.2) is 57.4 Å². The van der Waals surface area contributed by atoms with Crippen LogP contribution in [0.5, 0.6) is 0 Å². The van der Waals surface area contributed by atoms with Gasteiger partial charge in [0.1, 0.15) is 0 Å². The standard InChI is InChI=1S/C14H10ClNOS2/c15-10-3-5-12(6-4-10)18-8-11-9-19-14(16-11)13-2-1-7-17-13/h1-7,9H,8H2. The maximum atomic E-state index is 5.86. The average molecular weight is 308 g/mol. The van der Waals surface area contributed by atoms with Gasteiger partial charge in [-0.3, -0.25) is 0 Å². The molecule has 0 spiro atoms. The smallest absolute Gasteiger partial charge is 0.162 e. The summed E-state index contributed by atoms with van der Waals surface area (Å²) in [7, 11) is 0. The Kier molecular flexibility index (Phi) is 3.92. The summed E-state index contributed by atoms with van der Waals surface area (Å²) in [4.78, 5) is 5.75. The van der Waals surface area contributed by atoms with Crippen LogP contribution in [0.4, 0.5) is 0 Å². The topological polar surface area (TPSA) is 26.0 Å². The van der Waals surface area contributed by atoms with Crippen molar-refractivity contribution in [2.45, 2.75) is 10.6 Å². The van der Waals surface area contributed by atoms with E-state index in [2.05, 4.69) is 10.4 Å². The van der Waals surface area contributed by atoms with Crippen molar-refractivity contribution in [1.29, 1.82) is 0 Å². The predicted molar refractivity (Wildman–Crippen MR) is 80.8 cm³/mol. The quantitative estimate of drug-likeness (QED) is 0.608. The molecule has 3 aromatic rings. The van der Waals surface area contributed by atoms with Gasteiger partial charge in [-0.2, -0.15) is 0 Å². The highest BCUT2D eigenvalue weighted by Crippen LogP contribution is 2.28. The number of furan rings is 1. The second kappa shape index (κ2) is 5.82. The predicted octanol–water partition coefficient (Wildman–Crippen LogP) is 5.35. The van der Waals surface area contributed by atoms with Crippen molar-refractivity contribution >= 4 is 34.7 Å². The number of halogens is 1. The molecule has 0 radical (unpaired) electrons. The fraction of sp³-hybridized carbons (Fsp3) is 0.0714. The molecule has 0 N–H and O–H groups in total. The Hall–Kier alpha value is -1.23. The fourth-order valence-electron chi connectivity index (χ4n) is 1.57. The Morgan fingerprint density at radius 3 is 2.79 bits per heavy atom. The second-order valence-corrected chi connectivity index (χ2v) is 6.21. The molecule has 0 saturated carbocycles. The molecule has 96 valence electrons. The second-order valence-electron chi connectivity index (χ2n) is 3.86. The highest BCUT2D eigenvalue weighted by Gasteiger charge is 2.07. The summed E-state index contributed by atoms with van der Waals surface area (Å²) in [5.41, 5.74) is 1.07. The summed E-state index contributed by atoms with van der Waals surface area (Å²) in [5, 5.41) is 3.76. The highest BCUT2D eigenvalue weighted by atomic mass is 35.5. The van der Waals surface area contributed by atoms with Crippen LogP contribution in [-0.4, -0.2) is 4.98 Å². The maximum absolute atomic E-state index is 5.86. The van der Waals surface area contributed by atoms with Crippen molar-refractivity contribution in [3.63, 3.8) is 0 Å². The van der Waals surface area contributed by atoms with Gasteiger partial charge in [-0.1, -0.05) is 11.6 Å². The molecule has 2 heterocycles. The SMILES string of the molecule is Clc1ccc(SCc2csc(-c3ccco3)n2)cc1. The van der Waals surface area contributed by atoms with Gasteiger partial charge in [-0.25, -0.2) is 4.98 Å².